The second-order valence-electron chi connectivity index (χ2n) is 7.51. The van der Waals surface area contributed by atoms with Gasteiger partial charge in [0.2, 0.25) is 0 Å². The van der Waals surface area contributed by atoms with E-state index in [1.54, 1.807) is 0 Å². The highest BCUT2D eigenvalue weighted by atomic mass is 16.5. The Kier molecular flexibility index (Phi) is 15.5. The van der Waals surface area contributed by atoms with Gasteiger partial charge in [0.15, 0.2) is 0 Å². The molecule has 0 aliphatic carbocycles. The molecule has 0 aromatic rings. The van der Waals surface area contributed by atoms with Crippen molar-refractivity contribution in [3.8, 4) is 0 Å². The van der Waals surface area contributed by atoms with Gasteiger partial charge in [-0.3, -0.25) is 9.59 Å². The summed E-state index contributed by atoms with van der Waals surface area (Å²) in [5.74, 6) is 0.352. The molecule has 4 heteroatoms. The van der Waals surface area contributed by atoms with Crippen LogP contribution in [0.4, 0.5) is 0 Å². The summed E-state index contributed by atoms with van der Waals surface area (Å²) in [7, 11) is 0. The van der Waals surface area contributed by atoms with Gasteiger partial charge in [0.1, 0.15) is 0 Å². The lowest BCUT2D eigenvalue weighted by Gasteiger charge is -2.17. The molecule has 4 nitrogen and oxygen atoms in total. The fraction of sp³-hybridized carbons (Fsp3) is 0.909. The quantitative estimate of drug-likeness (QED) is 0.316. The van der Waals surface area contributed by atoms with Crippen LogP contribution in [0.2, 0.25) is 0 Å². The first-order valence-corrected chi connectivity index (χ1v) is 10.8. The van der Waals surface area contributed by atoms with Crippen molar-refractivity contribution in [2.24, 2.45) is 17.8 Å². The molecule has 0 amide bonds. The van der Waals surface area contributed by atoms with Crippen LogP contribution in [0.15, 0.2) is 0 Å². The van der Waals surface area contributed by atoms with Gasteiger partial charge >= 0.3 is 11.9 Å². The average Bonchev–Trinajstić information content (AvgIpc) is 2.63. The van der Waals surface area contributed by atoms with Crippen molar-refractivity contribution in [1.82, 2.24) is 0 Å². The van der Waals surface area contributed by atoms with E-state index in [-0.39, 0.29) is 23.8 Å². The average molecular weight is 371 g/mol. The number of unbranched alkanes of at least 4 members (excludes halogenated alkanes) is 2. The Morgan fingerprint density at radius 2 is 1.08 bits per heavy atom. The number of carbonyl (C=O) groups is 2. The molecule has 0 aromatic heterocycles. The summed E-state index contributed by atoms with van der Waals surface area (Å²) < 4.78 is 10.9. The summed E-state index contributed by atoms with van der Waals surface area (Å²) in [6.45, 7) is 11.4. The Labute approximate surface area is 161 Å². The Balaban J connectivity index is 3.93. The number of rotatable bonds is 16. The first-order chi connectivity index (χ1) is 12.5. The van der Waals surface area contributed by atoms with Crippen LogP contribution in [0.3, 0.4) is 0 Å². The highest BCUT2D eigenvalue weighted by molar-refractivity contribution is 5.72. The molecule has 0 radical (unpaired) electrons. The van der Waals surface area contributed by atoms with Gasteiger partial charge in [-0.05, 0) is 44.4 Å². The van der Waals surface area contributed by atoms with E-state index in [9.17, 15) is 9.59 Å². The van der Waals surface area contributed by atoms with E-state index >= 15 is 0 Å². The SMILES string of the molecule is CCCCC(CC)C(=O)OCCC(C)CCOC(=O)C(CC)CCCC. The third-order valence-corrected chi connectivity index (χ3v) is 5.17. The van der Waals surface area contributed by atoms with Crippen molar-refractivity contribution in [2.45, 2.75) is 98.8 Å². The lowest BCUT2D eigenvalue weighted by Crippen LogP contribution is -2.20. The molecule has 0 N–H and O–H groups in total. The summed E-state index contributed by atoms with van der Waals surface area (Å²) in [6.07, 6.45) is 9.55. The van der Waals surface area contributed by atoms with Crippen LogP contribution in [0, 0.1) is 17.8 Å². The maximum Gasteiger partial charge on any atom is 0.308 e. The summed E-state index contributed by atoms with van der Waals surface area (Å²) >= 11 is 0. The standard InChI is InChI=1S/C22H42O4/c1-6-10-12-19(8-3)21(23)25-16-14-18(5)15-17-26-22(24)20(9-4)13-11-7-2/h18-20H,6-17H2,1-5H3. The largest absolute Gasteiger partial charge is 0.465 e. The Morgan fingerprint density at radius 3 is 1.38 bits per heavy atom. The minimum atomic E-state index is -0.0544. The minimum absolute atomic E-state index is 0.0420. The van der Waals surface area contributed by atoms with Crippen LogP contribution in [0.25, 0.3) is 0 Å². The third kappa shape index (κ3) is 11.5. The molecule has 0 rings (SSSR count). The van der Waals surface area contributed by atoms with E-state index in [1.807, 2.05) is 13.8 Å². The van der Waals surface area contributed by atoms with Gasteiger partial charge in [-0.15, -0.1) is 0 Å². The van der Waals surface area contributed by atoms with Crippen molar-refractivity contribution in [2.75, 3.05) is 13.2 Å². The highest BCUT2D eigenvalue weighted by Gasteiger charge is 2.19. The van der Waals surface area contributed by atoms with E-state index < -0.39 is 0 Å². The maximum atomic E-state index is 12.1. The number of esters is 2. The van der Waals surface area contributed by atoms with E-state index in [1.165, 1.54) is 0 Å². The third-order valence-electron chi connectivity index (χ3n) is 5.17. The fourth-order valence-electron chi connectivity index (χ4n) is 2.98. The van der Waals surface area contributed by atoms with Crippen LogP contribution in [0.5, 0.6) is 0 Å². The summed E-state index contributed by atoms with van der Waals surface area (Å²) in [4.78, 5) is 24.1. The second-order valence-corrected chi connectivity index (χ2v) is 7.51. The van der Waals surface area contributed by atoms with Crippen molar-refractivity contribution < 1.29 is 19.1 Å². The normalized spacial score (nSPS) is 14.5. The van der Waals surface area contributed by atoms with Crippen LogP contribution >= 0.6 is 0 Å². The molecule has 154 valence electrons. The minimum Gasteiger partial charge on any atom is -0.465 e. The summed E-state index contributed by atoms with van der Waals surface area (Å²) in [5.41, 5.74) is 0. The van der Waals surface area contributed by atoms with Crippen molar-refractivity contribution in [3.63, 3.8) is 0 Å². The van der Waals surface area contributed by atoms with Gasteiger partial charge in [-0.1, -0.05) is 60.3 Å². The van der Waals surface area contributed by atoms with Gasteiger partial charge in [0.05, 0.1) is 25.0 Å². The predicted octanol–water partition coefficient (Wildman–Crippen LogP) is 5.92. The Hall–Kier alpha value is -1.06. The van der Waals surface area contributed by atoms with Crippen LogP contribution in [-0.4, -0.2) is 25.2 Å². The molecule has 0 fully saturated rings. The molecule has 0 spiro atoms. The zero-order valence-corrected chi connectivity index (χ0v) is 17.9. The van der Waals surface area contributed by atoms with Crippen LogP contribution in [0.1, 0.15) is 98.8 Å². The van der Waals surface area contributed by atoms with Crippen molar-refractivity contribution >= 4 is 11.9 Å². The van der Waals surface area contributed by atoms with E-state index in [0.29, 0.717) is 19.1 Å². The first-order valence-electron chi connectivity index (χ1n) is 10.8. The molecule has 2 unspecified atom stereocenters. The number of ether oxygens (including phenoxy) is 2. The van der Waals surface area contributed by atoms with Gasteiger partial charge in [-0.2, -0.15) is 0 Å². The molecular weight excluding hydrogens is 328 g/mol. The number of hydrogen-bond donors (Lipinski definition) is 0. The van der Waals surface area contributed by atoms with Crippen LogP contribution < -0.4 is 0 Å². The fourth-order valence-corrected chi connectivity index (χ4v) is 2.98. The zero-order chi connectivity index (χ0) is 19.8. The zero-order valence-electron chi connectivity index (χ0n) is 17.9. The number of carbonyl (C=O) groups excluding carboxylic acids is 2. The summed E-state index contributed by atoms with van der Waals surface area (Å²) in [5, 5.41) is 0. The molecule has 0 aliphatic rings. The predicted molar refractivity (Wildman–Crippen MR) is 107 cm³/mol. The van der Waals surface area contributed by atoms with Gasteiger partial charge in [0.25, 0.3) is 0 Å². The van der Waals surface area contributed by atoms with Crippen LogP contribution in [-0.2, 0) is 19.1 Å². The lowest BCUT2D eigenvalue weighted by molar-refractivity contribution is -0.149. The van der Waals surface area contributed by atoms with Crippen molar-refractivity contribution in [3.05, 3.63) is 0 Å². The highest BCUT2D eigenvalue weighted by Crippen LogP contribution is 2.17. The maximum absolute atomic E-state index is 12.1. The molecule has 0 heterocycles. The monoisotopic (exact) mass is 370 g/mol. The van der Waals surface area contributed by atoms with Crippen molar-refractivity contribution in [1.29, 1.82) is 0 Å². The van der Waals surface area contributed by atoms with Gasteiger partial charge < -0.3 is 9.47 Å². The Bertz CT molecular complexity index is 333. The molecule has 0 aliphatic heterocycles. The summed E-state index contributed by atoms with van der Waals surface area (Å²) in [6, 6.07) is 0. The molecule has 0 saturated carbocycles. The molecular formula is C22H42O4. The molecule has 2 atom stereocenters. The Morgan fingerprint density at radius 1 is 0.692 bits per heavy atom. The van der Waals surface area contributed by atoms with E-state index in [0.717, 1.165) is 64.2 Å². The smallest absolute Gasteiger partial charge is 0.308 e. The van der Waals surface area contributed by atoms with E-state index in [2.05, 4.69) is 20.8 Å². The van der Waals surface area contributed by atoms with Gasteiger partial charge in [-0.25, -0.2) is 0 Å². The molecule has 0 saturated heterocycles. The van der Waals surface area contributed by atoms with Gasteiger partial charge in [0, 0.05) is 0 Å². The first kappa shape index (κ1) is 24.9. The number of hydrogen-bond acceptors (Lipinski definition) is 4. The molecule has 0 bridgehead atoms. The molecule has 26 heavy (non-hydrogen) atoms. The molecule has 0 aromatic carbocycles. The van der Waals surface area contributed by atoms with E-state index in [4.69, 9.17) is 9.47 Å². The topological polar surface area (TPSA) is 52.6 Å². The second kappa shape index (κ2) is 16.1. The lowest BCUT2D eigenvalue weighted by atomic mass is 9.99.